The SMILES string of the molecule is CCOc1ccc(NC(=O)Nc2ccc(Cl)c(O)c2)cc1. The third-order valence-corrected chi connectivity index (χ3v) is 2.95. The van der Waals surface area contributed by atoms with Crippen molar-refractivity contribution >= 4 is 29.0 Å². The largest absolute Gasteiger partial charge is 0.506 e. The topological polar surface area (TPSA) is 70.6 Å². The summed E-state index contributed by atoms with van der Waals surface area (Å²) >= 11 is 5.70. The molecule has 3 N–H and O–H groups in total. The average Bonchev–Trinajstić information content (AvgIpc) is 2.45. The maximum atomic E-state index is 11.8. The minimum atomic E-state index is -0.416. The molecule has 21 heavy (non-hydrogen) atoms. The van der Waals surface area contributed by atoms with Crippen LogP contribution < -0.4 is 15.4 Å². The summed E-state index contributed by atoms with van der Waals surface area (Å²) in [4.78, 5) is 11.8. The Bertz CT molecular complexity index is 629. The Morgan fingerprint density at radius 3 is 2.38 bits per heavy atom. The summed E-state index contributed by atoms with van der Waals surface area (Å²) < 4.78 is 5.32. The quantitative estimate of drug-likeness (QED) is 0.797. The normalized spacial score (nSPS) is 10.0. The van der Waals surface area contributed by atoms with Gasteiger partial charge in [-0.15, -0.1) is 0 Å². The molecule has 0 radical (unpaired) electrons. The van der Waals surface area contributed by atoms with E-state index in [1.807, 2.05) is 6.92 Å². The van der Waals surface area contributed by atoms with Crippen LogP contribution in [0.25, 0.3) is 0 Å². The van der Waals surface area contributed by atoms with E-state index < -0.39 is 6.03 Å². The summed E-state index contributed by atoms with van der Waals surface area (Å²) in [5.74, 6) is 0.654. The summed E-state index contributed by atoms with van der Waals surface area (Å²) in [5, 5.41) is 15.0. The smallest absolute Gasteiger partial charge is 0.323 e. The van der Waals surface area contributed by atoms with Crippen molar-refractivity contribution in [3.8, 4) is 11.5 Å². The molecule has 0 aromatic heterocycles. The van der Waals surface area contributed by atoms with E-state index in [0.29, 0.717) is 18.0 Å². The molecule has 0 spiro atoms. The predicted octanol–water partition coefficient (Wildman–Crippen LogP) is 4.09. The van der Waals surface area contributed by atoms with Crippen LogP contribution >= 0.6 is 11.6 Å². The Kier molecular flexibility index (Phi) is 4.90. The van der Waals surface area contributed by atoms with Crippen molar-refractivity contribution in [2.75, 3.05) is 17.2 Å². The number of phenols is 1. The number of hydrogen-bond donors (Lipinski definition) is 3. The number of phenolic OH excluding ortho intramolecular Hbond substituents is 1. The van der Waals surface area contributed by atoms with Crippen LogP contribution in [0.4, 0.5) is 16.2 Å². The Morgan fingerprint density at radius 2 is 1.76 bits per heavy atom. The number of hydrogen-bond acceptors (Lipinski definition) is 3. The number of ether oxygens (including phenoxy) is 1. The summed E-state index contributed by atoms with van der Waals surface area (Å²) in [5.41, 5.74) is 1.08. The van der Waals surface area contributed by atoms with Crippen LogP contribution in [0, 0.1) is 0 Å². The molecule has 2 aromatic rings. The Labute approximate surface area is 127 Å². The fourth-order valence-corrected chi connectivity index (χ4v) is 1.80. The fourth-order valence-electron chi connectivity index (χ4n) is 1.69. The van der Waals surface area contributed by atoms with E-state index in [2.05, 4.69) is 10.6 Å². The number of rotatable bonds is 4. The maximum absolute atomic E-state index is 11.8. The number of halogens is 1. The number of nitrogens with one attached hydrogen (secondary N) is 2. The molecule has 0 bridgehead atoms. The predicted molar refractivity (Wildman–Crippen MR) is 83.4 cm³/mol. The first-order valence-corrected chi connectivity index (χ1v) is 6.75. The Hall–Kier alpha value is -2.40. The summed E-state index contributed by atoms with van der Waals surface area (Å²) in [6, 6.07) is 11.1. The monoisotopic (exact) mass is 306 g/mol. The zero-order valence-electron chi connectivity index (χ0n) is 11.4. The van der Waals surface area contributed by atoms with Crippen molar-refractivity contribution in [2.45, 2.75) is 6.92 Å². The molecule has 0 saturated carbocycles. The van der Waals surface area contributed by atoms with Crippen LogP contribution in [0.2, 0.25) is 5.02 Å². The van der Waals surface area contributed by atoms with Crippen molar-refractivity contribution in [2.24, 2.45) is 0 Å². The first-order chi connectivity index (χ1) is 10.1. The summed E-state index contributed by atoms with van der Waals surface area (Å²) in [7, 11) is 0. The number of amides is 2. The van der Waals surface area contributed by atoms with Gasteiger partial charge in [0.05, 0.1) is 11.6 Å². The molecule has 2 aromatic carbocycles. The van der Waals surface area contributed by atoms with Gasteiger partial charge in [-0.25, -0.2) is 4.79 Å². The lowest BCUT2D eigenvalue weighted by molar-refractivity contribution is 0.262. The third-order valence-electron chi connectivity index (χ3n) is 2.63. The standard InChI is InChI=1S/C15H15ClN2O3/c1-2-21-12-6-3-10(4-7-12)17-15(20)18-11-5-8-13(16)14(19)9-11/h3-9,19H,2H2,1H3,(H2,17,18,20). The molecule has 0 aliphatic carbocycles. The number of benzene rings is 2. The molecule has 0 unspecified atom stereocenters. The molecule has 0 saturated heterocycles. The molecule has 110 valence electrons. The second-order valence-corrected chi connectivity index (χ2v) is 4.61. The van der Waals surface area contributed by atoms with Gasteiger partial charge in [-0.05, 0) is 43.3 Å². The Balaban J connectivity index is 1.96. The van der Waals surface area contributed by atoms with Gasteiger partial charge in [-0.3, -0.25) is 0 Å². The highest BCUT2D eigenvalue weighted by atomic mass is 35.5. The van der Waals surface area contributed by atoms with Gasteiger partial charge in [-0.1, -0.05) is 11.6 Å². The number of aromatic hydroxyl groups is 1. The van der Waals surface area contributed by atoms with Gasteiger partial charge < -0.3 is 20.5 Å². The first kappa shape index (κ1) is 15.0. The van der Waals surface area contributed by atoms with Gasteiger partial charge in [0, 0.05) is 17.4 Å². The molecule has 0 aliphatic heterocycles. The molecule has 6 heteroatoms. The molecule has 5 nitrogen and oxygen atoms in total. The van der Waals surface area contributed by atoms with Gasteiger partial charge in [0.25, 0.3) is 0 Å². The lowest BCUT2D eigenvalue weighted by Crippen LogP contribution is -2.19. The van der Waals surface area contributed by atoms with Crippen LogP contribution in [-0.4, -0.2) is 17.7 Å². The van der Waals surface area contributed by atoms with E-state index in [4.69, 9.17) is 16.3 Å². The lowest BCUT2D eigenvalue weighted by atomic mass is 10.3. The molecule has 2 amide bonds. The van der Waals surface area contributed by atoms with Crippen LogP contribution in [0.5, 0.6) is 11.5 Å². The molecule has 2 rings (SSSR count). The van der Waals surface area contributed by atoms with Crippen molar-refractivity contribution in [3.63, 3.8) is 0 Å². The minimum absolute atomic E-state index is 0.0875. The maximum Gasteiger partial charge on any atom is 0.323 e. The van der Waals surface area contributed by atoms with Gasteiger partial charge in [0.1, 0.15) is 11.5 Å². The zero-order valence-corrected chi connectivity index (χ0v) is 12.1. The number of carbonyl (C=O) groups excluding carboxylic acids is 1. The summed E-state index contributed by atoms with van der Waals surface area (Å²) in [6.45, 7) is 2.49. The number of anilines is 2. The van der Waals surface area contributed by atoms with Gasteiger partial charge in [-0.2, -0.15) is 0 Å². The first-order valence-electron chi connectivity index (χ1n) is 6.38. The van der Waals surface area contributed by atoms with Crippen molar-refractivity contribution in [1.82, 2.24) is 0 Å². The highest BCUT2D eigenvalue weighted by Gasteiger charge is 2.05. The Morgan fingerprint density at radius 1 is 1.14 bits per heavy atom. The van der Waals surface area contributed by atoms with Gasteiger partial charge in [0.15, 0.2) is 0 Å². The van der Waals surface area contributed by atoms with Crippen LogP contribution in [0.1, 0.15) is 6.92 Å². The van der Waals surface area contributed by atoms with Crippen molar-refractivity contribution < 1.29 is 14.6 Å². The van der Waals surface area contributed by atoms with E-state index in [0.717, 1.165) is 5.75 Å². The van der Waals surface area contributed by atoms with Crippen LogP contribution in [-0.2, 0) is 0 Å². The second-order valence-electron chi connectivity index (χ2n) is 4.20. The van der Waals surface area contributed by atoms with E-state index in [1.54, 1.807) is 30.3 Å². The van der Waals surface area contributed by atoms with E-state index in [1.165, 1.54) is 12.1 Å². The molecule has 0 aliphatic rings. The highest BCUT2D eigenvalue weighted by molar-refractivity contribution is 6.32. The summed E-state index contributed by atoms with van der Waals surface area (Å²) in [6.07, 6.45) is 0. The molecule has 0 heterocycles. The third kappa shape index (κ3) is 4.29. The van der Waals surface area contributed by atoms with E-state index >= 15 is 0 Å². The highest BCUT2D eigenvalue weighted by Crippen LogP contribution is 2.26. The number of urea groups is 1. The van der Waals surface area contributed by atoms with E-state index in [9.17, 15) is 9.90 Å². The van der Waals surface area contributed by atoms with Crippen LogP contribution in [0.3, 0.4) is 0 Å². The van der Waals surface area contributed by atoms with Gasteiger partial charge >= 0.3 is 6.03 Å². The second kappa shape index (κ2) is 6.85. The lowest BCUT2D eigenvalue weighted by Gasteiger charge is -2.09. The van der Waals surface area contributed by atoms with E-state index in [-0.39, 0.29) is 10.8 Å². The minimum Gasteiger partial charge on any atom is -0.506 e. The van der Waals surface area contributed by atoms with Gasteiger partial charge in [0.2, 0.25) is 0 Å². The fraction of sp³-hybridized carbons (Fsp3) is 0.133. The number of carbonyl (C=O) groups is 1. The molecular formula is C15H15ClN2O3. The molecular weight excluding hydrogens is 292 g/mol. The van der Waals surface area contributed by atoms with Crippen molar-refractivity contribution in [3.05, 3.63) is 47.5 Å². The average molecular weight is 307 g/mol. The van der Waals surface area contributed by atoms with Crippen molar-refractivity contribution in [1.29, 1.82) is 0 Å². The zero-order chi connectivity index (χ0) is 15.2. The molecule has 0 atom stereocenters. The van der Waals surface area contributed by atoms with Crippen LogP contribution in [0.15, 0.2) is 42.5 Å². The molecule has 0 fully saturated rings.